The van der Waals surface area contributed by atoms with Crippen molar-refractivity contribution >= 4 is 22.8 Å². The molecule has 3 heterocycles. The van der Waals surface area contributed by atoms with Gasteiger partial charge in [0, 0.05) is 19.5 Å². The number of benzene rings is 1. The zero-order valence-corrected chi connectivity index (χ0v) is 18.0. The minimum atomic E-state index is -0.263. The highest BCUT2D eigenvalue weighted by atomic mass is 16.2. The molecule has 154 valence electrons. The van der Waals surface area contributed by atoms with E-state index < -0.39 is 0 Å². The van der Waals surface area contributed by atoms with Crippen LogP contribution in [0.5, 0.6) is 0 Å². The molecular formula is C22H30N5O2+. The summed E-state index contributed by atoms with van der Waals surface area (Å²) in [6, 6.07) is 6.49. The van der Waals surface area contributed by atoms with Crippen molar-refractivity contribution in [3.63, 3.8) is 0 Å². The molecule has 0 amide bonds. The Morgan fingerprint density at radius 1 is 1.17 bits per heavy atom. The lowest BCUT2D eigenvalue weighted by molar-refractivity contribution is -0.669. The van der Waals surface area contributed by atoms with Crippen LogP contribution in [-0.4, -0.2) is 20.7 Å². The smallest absolute Gasteiger partial charge is 0.267 e. The summed E-state index contributed by atoms with van der Waals surface area (Å²) >= 11 is 0. The van der Waals surface area contributed by atoms with Crippen molar-refractivity contribution < 1.29 is 4.57 Å². The summed E-state index contributed by atoms with van der Waals surface area (Å²) in [6.07, 6.45) is 1.74. The third-order valence-electron chi connectivity index (χ3n) is 5.78. The Kier molecular flexibility index (Phi) is 4.84. The molecule has 0 saturated carbocycles. The maximum Gasteiger partial charge on any atom is 0.364 e. The van der Waals surface area contributed by atoms with Crippen molar-refractivity contribution in [3.05, 3.63) is 50.2 Å². The molecule has 1 N–H and O–H groups in total. The first-order chi connectivity index (χ1) is 13.8. The molecule has 2 aromatic heterocycles. The third-order valence-corrected chi connectivity index (χ3v) is 5.78. The van der Waals surface area contributed by atoms with Gasteiger partial charge in [0.05, 0.1) is 13.1 Å². The highest BCUT2D eigenvalue weighted by Crippen LogP contribution is 2.29. The summed E-state index contributed by atoms with van der Waals surface area (Å²) in [5.74, 6) is 1.23. The lowest BCUT2D eigenvalue weighted by atomic mass is 10.1. The van der Waals surface area contributed by atoms with Gasteiger partial charge >= 0.3 is 11.6 Å². The molecule has 1 aliphatic heterocycles. The molecule has 7 nitrogen and oxygen atoms in total. The van der Waals surface area contributed by atoms with Gasteiger partial charge in [-0.3, -0.25) is 13.9 Å². The molecule has 1 aromatic carbocycles. The van der Waals surface area contributed by atoms with Crippen molar-refractivity contribution in [2.45, 2.75) is 53.6 Å². The van der Waals surface area contributed by atoms with Gasteiger partial charge in [0.2, 0.25) is 11.2 Å². The number of aromatic nitrogens is 4. The number of fused-ring (bicyclic) bond motifs is 3. The van der Waals surface area contributed by atoms with Crippen LogP contribution in [0.4, 0.5) is 11.6 Å². The highest BCUT2D eigenvalue weighted by molar-refractivity contribution is 5.70. The molecule has 0 radical (unpaired) electrons. The van der Waals surface area contributed by atoms with Crippen LogP contribution in [0.3, 0.4) is 0 Å². The SMILES string of the molecule is CCCCn1c(=O)c2c([nH]c3[n+]2C[C@@H](C)CN3c2cc(C)cc(C)c2)n(C)c1=O. The maximum absolute atomic E-state index is 13.3. The summed E-state index contributed by atoms with van der Waals surface area (Å²) in [7, 11) is 1.74. The van der Waals surface area contributed by atoms with Crippen molar-refractivity contribution in [1.82, 2.24) is 14.1 Å². The van der Waals surface area contributed by atoms with E-state index in [0.717, 1.165) is 37.6 Å². The van der Waals surface area contributed by atoms with Crippen LogP contribution in [0, 0.1) is 19.8 Å². The van der Waals surface area contributed by atoms with E-state index in [9.17, 15) is 9.59 Å². The van der Waals surface area contributed by atoms with E-state index in [4.69, 9.17) is 0 Å². The van der Waals surface area contributed by atoms with Crippen LogP contribution in [0.2, 0.25) is 0 Å². The topological polar surface area (TPSA) is 66.9 Å². The van der Waals surface area contributed by atoms with E-state index in [2.05, 4.69) is 60.3 Å². The van der Waals surface area contributed by atoms with E-state index in [1.165, 1.54) is 15.7 Å². The van der Waals surface area contributed by atoms with E-state index in [1.807, 2.05) is 0 Å². The van der Waals surface area contributed by atoms with Gasteiger partial charge in [-0.25, -0.2) is 19.2 Å². The summed E-state index contributed by atoms with van der Waals surface area (Å²) in [5.41, 5.74) is 4.22. The molecule has 29 heavy (non-hydrogen) atoms. The minimum Gasteiger partial charge on any atom is -0.267 e. The van der Waals surface area contributed by atoms with E-state index in [-0.39, 0.29) is 11.2 Å². The average Bonchev–Trinajstić information content (AvgIpc) is 3.04. The summed E-state index contributed by atoms with van der Waals surface area (Å²) < 4.78 is 5.01. The van der Waals surface area contributed by atoms with Crippen LogP contribution in [0.25, 0.3) is 11.2 Å². The number of nitrogens with one attached hydrogen (secondary N) is 1. The van der Waals surface area contributed by atoms with Crippen molar-refractivity contribution in [2.24, 2.45) is 13.0 Å². The van der Waals surface area contributed by atoms with Crippen LogP contribution in [-0.2, 0) is 20.1 Å². The van der Waals surface area contributed by atoms with E-state index in [0.29, 0.717) is 23.6 Å². The fourth-order valence-corrected chi connectivity index (χ4v) is 4.42. The second kappa shape index (κ2) is 7.21. The number of aryl methyl sites for hydroxylation is 3. The Morgan fingerprint density at radius 3 is 2.52 bits per heavy atom. The Labute approximate surface area is 170 Å². The van der Waals surface area contributed by atoms with Gasteiger partial charge in [0.1, 0.15) is 5.69 Å². The summed E-state index contributed by atoms with van der Waals surface area (Å²) in [5, 5.41) is 0. The molecule has 0 saturated heterocycles. The zero-order chi connectivity index (χ0) is 20.9. The van der Waals surface area contributed by atoms with Crippen LogP contribution < -0.4 is 20.7 Å². The number of rotatable bonds is 4. The summed E-state index contributed by atoms with van der Waals surface area (Å²) in [6.45, 7) is 10.5. The number of anilines is 2. The first-order valence-corrected chi connectivity index (χ1v) is 10.4. The number of imidazole rings is 1. The third kappa shape index (κ3) is 3.18. The number of unbranched alkanes of at least 4 members (excludes halogenated alkanes) is 1. The van der Waals surface area contributed by atoms with E-state index in [1.54, 1.807) is 11.6 Å². The molecule has 7 heteroatoms. The molecule has 1 atom stereocenters. The standard InChI is InChI=1S/C22H29N5O2/c1-6-7-8-25-20(28)18-19(24(5)22(25)29)23-21-26(12-16(4)13-27(18)21)17-10-14(2)9-15(3)11-17/h9-11,16H,6-8,12-13H2,1-5H3/p+1/t16-/m0/s1. The van der Waals surface area contributed by atoms with Gasteiger partial charge in [-0.2, -0.15) is 0 Å². The quantitative estimate of drug-likeness (QED) is 0.689. The largest absolute Gasteiger partial charge is 0.364 e. The number of nitrogens with zero attached hydrogens (tertiary/aromatic N) is 4. The molecule has 0 fully saturated rings. The molecule has 0 spiro atoms. The molecule has 0 unspecified atom stereocenters. The Morgan fingerprint density at radius 2 is 1.86 bits per heavy atom. The Bertz CT molecular complexity index is 1180. The first kappa shape index (κ1) is 19.5. The van der Waals surface area contributed by atoms with Gasteiger partial charge < -0.3 is 0 Å². The molecule has 0 bridgehead atoms. The van der Waals surface area contributed by atoms with E-state index >= 15 is 0 Å². The van der Waals surface area contributed by atoms with Crippen LogP contribution in [0.1, 0.15) is 37.8 Å². The lowest BCUT2D eigenvalue weighted by Gasteiger charge is -2.27. The Hall–Kier alpha value is -2.83. The minimum absolute atomic E-state index is 0.200. The predicted molar refractivity (Wildman–Crippen MR) is 115 cm³/mol. The molecular weight excluding hydrogens is 366 g/mol. The van der Waals surface area contributed by atoms with Gasteiger partial charge in [-0.1, -0.05) is 26.3 Å². The van der Waals surface area contributed by atoms with Crippen LogP contribution in [0.15, 0.2) is 27.8 Å². The van der Waals surface area contributed by atoms with Gasteiger partial charge in [-0.15, -0.1) is 0 Å². The number of H-pyrrole nitrogens is 1. The second-order valence-corrected chi connectivity index (χ2v) is 8.47. The average molecular weight is 397 g/mol. The highest BCUT2D eigenvalue weighted by Gasteiger charge is 2.36. The molecule has 3 aromatic rings. The maximum atomic E-state index is 13.3. The normalized spacial score (nSPS) is 16.4. The van der Waals surface area contributed by atoms with Gasteiger partial charge in [-0.05, 0) is 43.5 Å². The molecule has 1 aliphatic rings. The lowest BCUT2D eigenvalue weighted by Crippen LogP contribution is -2.52. The van der Waals surface area contributed by atoms with Crippen molar-refractivity contribution in [2.75, 3.05) is 11.4 Å². The second-order valence-electron chi connectivity index (χ2n) is 8.47. The fraction of sp³-hybridized carbons (Fsp3) is 0.500. The van der Waals surface area contributed by atoms with Gasteiger partial charge in [0.15, 0.2) is 0 Å². The summed E-state index contributed by atoms with van der Waals surface area (Å²) in [4.78, 5) is 31.7. The van der Waals surface area contributed by atoms with Crippen LogP contribution >= 0.6 is 0 Å². The number of hydrogen-bond acceptors (Lipinski definition) is 3. The van der Waals surface area contributed by atoms with Crippen molar-refractivity contribution in [3.8, 4) is 0 Å². The van der Waals surface area contributed by atoms with Crippen molar-refractivity contribution in [1.29, 1.82) is 0 Å². The first-order valence-electron chi connectivity index (χ1n) is 10.4. The molecule has 0 aliphatic carbocycles. The number of hydrogen-bond donors (Lipinski definition) is 1. The monoisotopic (exact) mass is 396 g/mol. The Balaban J connectivity index is 1.98. The number of aromatic amines is 1. The van der Waals surface area contributed by atoms with Gasteiger partial charge in [0.25, 0.3) is 5.56 Å². The zero-order valence-electron chi connectivity index (χ0n) is 18.0. The fourth-order valence-electron chi connectivity index (χ4n) is 4.42. The predicted octanol–water partition coefficient (Wildman–Crippen LogP) is 2.52. The molecule has 4 rings (SSSR count).